The van der Waals surface area contributed by atoms with Crippen LogP contribution in [0.2, 0.25) is 5.02 Å². The van der Waals surface area contributed by atoms with E-state index in [0.29, 0.717) is 12.1 Å². The summed E-state index contributed by atoms with van der Waals surface area (Å²) < 4.78 is 2.00. The average Bonchev–Trinajstić information content (AvgIpc) is 3.08. The second kappa shape index (κ2) is 7.53. The number of amides is 1. The Labute approximate surface area is 163 Å². The number of carbonyl (C=O) groups excluding carboxylic acids is 1. The first kappa shape index (κ1) is 17.7. The van der Waals surface area contributed by atoms with Crippen molar-refractivity contribution in [3.05, 3.63) is 81.9 Å². The Morgan fingerprint density at radius 1 is 1.26 bits per heavy atom. The number of nitrogens with zero attached hydrogens (tertiary/aromatic N) is 3. The van der Waals surface area contributed by atoms with E-state index in [1.54, 1.807) is 6.20 Å². The van der Waals surface area contributed by atoms with Crippen LogP contribution in [0, 0.1) is 6.92 Å². The third kappa shape index (κ3) is 3.74. The summed E-state index contributed by atoms with van der Waals surface area (Å²) in [6.45, 7) is 2.54. The fourth-order valence-corrected chi connectivity index (χ4v) is 3.73. The molecule has 5 nitrogen and oxygen atoms in total. The molecule has 0 radical (unpaired) electrons. The lowest BCUT2D eigenvalue weighted by atomic mass is 9.92. The number of fused-ring (bicyclic) bond motifs is 1. The number of pyridine rings is 1. The van der Waals surface area contributed by atoms with E-state index < -0.39 is 0 Å². The standard InChI is InChI=1S/C21H21ClN4O/c1-14-9-10-15(11-23-14)21(27)25-19-7-4-8-20-17(19)12-24-26(20)13-16-5-2-3-6-18(16)22/h2-3,5-6,9-12,19H,4,7-8,13H2,1H3,(H,25,27)/t19-/m0/s1. The number of aryl methyl sites for hydroxylation is 1. The minimum Gasteiger partial charge on any atom is -0.345 e. The lowest BCUT2D eigenvalue weighted by molar-refractivity contribution is 0.0932. The molecule has 0 saturated heterocycles. The summed E-state index contributed by atoms with van der Waals surface area (Å²) in [6, 6.07) is 11.5. The topological polar surface area (TPSA) is 59.8 Å². The second-order valence-electron chi connectivity index (χ2n) is 6.90. The molecule has 1 aliphatic carbocycles. The third-order valence-corrected chi connectivity index (χ3v) is 5.39. The molecule has 2 heterocycles. The molecule has 1 N–H and O–H groups in total. The van der Waals surface area contributed by atoms with Crippen LogP contribution in [-0.2, 0) is 13.0 Å². The van der Waals surface area contributed by atoms with Gasteiger partial charge in [-0.1, -0.05) is 29.8 Å². The number of aromatic nitrogens is 3. The first-order valence-corrected chi connectivity index (χ1v) is 9.51. The van der Waals surface area contributed by atoms with Gasteiger partial charge < -0.3 is 5.32 Å². The van der Waals surface area contributed by atoms with Gasteiger partial charge in [0.2, 0.25) is 0 Å². The number of hydrogen-bond acceptors (Lipinski definition) is 3. The van der Waals surface area contributed by atoms with Gasteiger partial charge in [0.25, 0.3) is 5.91 Å². The van der Waals surface area contributed by atoms with Gasteiger partial charge in [0, 0.05) is 28.2 Å². The Bertz CT molecular complexity index is 965. The molecular weight excluding hydrogens is 360 g/mol. The van der Waals surface area contributed by atoms with Crippen LogP contribution >= 0.6 is 11.6 Å². The molecule has 2 aromatic heterocycles. The van der Waals surface area contributed by atoms with Crippen LogP contribution in [0.4, 0.5) is 0 Å². The van der Waals surface area contributed by atoms with E-state index in [1.165, 1.54) is 5.69 Å². The summed E-state index contributed by atoms with van der Waals surface area (Å²) in [5.74, 6) is -0.0980. The van der Waals surface area contributed by atoms with Gasteiger partial charge in [-0.25, -0.2) is 0 Å². The van der Waals surface area contributed by atoms with Crippen LogP contribution in [0.5, 0.6) is 0 Å². The van der Waals surface area contributed by atoms with Gasteiger partial charge in [-0.15, -0.1) is 0 Å². The van der Waals surface area contributed by atoms with Crippen molar-refractivity contribution in [1.29, 1.82) is 0 Å². The molecule has 4 rings (SSSR count). The smallest absolute Gasteiger partial charge is 0.253 e. The summed E-state index contributed by atoms with van der Waals surface area (Å²) in [5.41, 5.74) is 4.79. The SMILES string of the molecule is Cc1ccc(C(=O)N[C@H]2CCCc3c2cnn3Cc2ccccc2Cl)cn1. The molecule has 0 bridgehead atoms. The molecule has 1 atom stereocenters. The predicted molar refractivity (Wildman–Crippen MR) is 105 cm³/mol. The highest BCUT2D eigenvalue weighted by molar-refractivity contribution is 6.31. The van der Waals surface area contributed by atoms with Crippen molar-refractivity contribution in [2.45, 2.75) is 38.8 Å². The van der Waals surface area contributed by atoms with Crippen LogP contribution in [0.15, 0.2) is 48.8 Å². The Morgan fingerprint density at radius 3 is 2.89 bits per heavy atom. The van der Waals surface area contributed by atoms with Crippen LogP contribution < -0.4 is 5.32 Å². The van der Waals surface area contributed by atoms with E-state index in [9.17, 15) is 4.79 Å². The van der Waals surface area contributed by atoms with Gasteiger partial charge in [-0.2, -0.15) is 5.10 Å². The van der Waals surface area contributed by atoms with Crippen LogP contribution in [0.1, 0.15) is 51.8 Å². The maximum atomic E-state index is 12.6. The molecular formula is C21H21ClN4O. The van der Waals surface area contributed by atoms with Crippen LogP contribution in [-0.4, -0.2) is 20.7 Å². The maximum absolute atomic E-state index is 12.6. The Balaban J connectivity index is 1.54. The van der Waals surface area contributed by atoms with Gasteiger partial charge >= 0.3 is 0 Å². The predicted octanol–water partition coefficient (Wildman–Crippen LogP) is 4.10. The van der Waals surface area contributed by atoms with E-state index in [-0.39, 0.29) is 11.9 Å². The highest BCUT2D eigenvalue weighted by atomic mass is 35.5. The summed E-state index contributed by atoms with van der Waals surface area (Å²) in [5, 5.41) is 8.46. The zero-order valence-electron chi connectivity index (χ0n) is 15.2. The molecule has 1 aromatic carbocycles. The number of carbonyl (C=O) groups is 1. The summed E-state index contributed by atoms with van der Waals surface area (Å²) in [4.78, 5) is 16.8. The van der Waals surface area contributed by atoms with Crippen molar-refractivity contribution in [1.82, 2.24) is 20.1 Å². The average molecular weight is 381 g/mol. The van der Waals surface area contributed by atoms with Crippen molar-refractivity contribution in [2.24, 2.45) is 0 Å². The lowest BCUT2D eigenvalue weighted by Crippen LogP contribution is -2.31. The molecule has 1 aliphatic rings. The molecule has 138 valence electrons. The number of halogens is 1. The number of benzene rings is 1. The van der Waals surface area contributed by atoms with Crippen molar-refractivity contribution < 1.29 is 4.79 Å². The highest BCUT2D eigenvalue weighted by Crippen LogP contribution is 2.30. The monoisotopic (exact) mass is 380 g/mol. The van der Waals surface area contributed by atoms with E-state index in [1.807, 2.05) is 54.2 Å². The van der Waals surface area contributed by atoms with E-state index in [0.717, 1.165) is 41.1 Å². The fraction of sp³-hybridized carbons (Fsp3) is 0.286. The van der Waals surface area contributed by atoms with E-state index in [2.05, 4.69) is 15.4 Å². The fourth-order valence-electron chi connectivity index (χ4n) is 3.54. The molecule has 0 saturated carbocycles. The zero-order valence-corrected chi connectivity index (χ0v) is 15.9. The highest BCUT2D eigenvalue weighted by Gasteiger charge is 2.26. The van der Waals surface area contributed by atoms with Gasteiger partial charge in [0.05, 0.1) is 24.3 Å². The second-order valence-corrected chi connectivity index (χ2v) is 7.31. The molecule has 6 heteroatoms. The van der Waals surface area contributed by atoms with Crippen molar-refractivity contribution in [3.8, 4) is 0 Å². The molecule has 0 aliphatic heterocycles. The van der Waals surface area contributed by atoms with E-state index >= 15 is 0 Å². The number of hydrogen-bond donors (Lipinski definition) is 1. The van der Waals surface area contributed by atoms with Gasteiger partial charge in [-0.05, 0) is 49.9 Å². The van der Waals surface area contributed by atoms with Gasteiger partial charge in [0.1, 0.15) is 0 Å². The molecule has 27 heavy (non-hydrogen) atoms. The number of nitrogens with one attached hydrogen (secondary N) is 1. The minimum atomic E-state index is -0.0980. The molecule has 3 aromatic rings. The molecule has 0 unspecified atom stereocenters. The normalized spacial score (nSPS) is 16.0. The van der Waals surface area contributed by atoms with E-state index in [4.69, 9.17) is 11.6 Å². The van der Waals surface area contributed by atoms with Crippen LogP contribution in [0.3, 0.4) is 0 Å². The maximum Gasteiger partial charge on any atom is 0.253 e. The Hall–Kier alpha value is -2.66. The largest absolute Gasteiger partial charge is 0.345 e. The molecule has 1 amide bonds. The van der Waals surface area contributed by atoms with Crippen LogP contribution in [0.25, 0.3) is 0 Å². The Morgan fingerprint density at radius 2 is 2.11 bits per heavy atom. The first-order valence-electron chi connectivity index (χ1n) is 9.13. The number of rotatable bonds is 4. The summed E-state index contributed by atoms with van der Waals surface area (Å²) >= 11 is 6.30. The summed E-state index contributed by atoms with van der Waals surface area (Å²) in [7, 11) is 0. The quantitative estimate of drug-likeness (QED) is 0.741. The first-order chi connectivity index (χ1) is 13.1. The van der Waals surface area contributed by atoms with Gasteiger partial charge in [-0.3, -0.25) is 14.5 Å². The molecule has 0 fully saturated rings. The lowest BCUT2D eigenvalue weighted by Gasteiger charge is -2.24. The summed E-state index contributed by atoms with van der Waals surface area (Å²) in [6.07, 6.45) is 6.38. The third-order valence-electron chi connectivity index (χ3n) is 5.02. The van der Waals surface area contributed by atoms with Crippen molar-refractivity contribution in [2.75, 3.05) is 0 Å². The zero-order chi connectivity index (χ0) is 18.8. The minimum absolute atomic E-state index is 0.0254. The Kier molecular flexibility index (Phi) is 4.94. The molecule has 0 spiro atoms. The van der Waals surface area contributed by atoms with Gasteiger partial charge in [0.15, 0.2) is 0 Å². The van der Waals surface area contributed by atoms with Crippen molar-refractivity contribution in [3.63, 3.8) is 0 Å². The van der Waals surface area contributed by atoms with Crippen molar-refractivity contribution >= 4 is 17.5 Å².